The summed E-state index contributed by atoms with van der Waals surface area (Å²) >= 11 is 0. The molecule has 0 spiro atoms. The fourth-order valence-corrected chi connectivity index (χ4v) is 8.50. The summed E-state index contributed by atoms with van der Waals surface area (Å²) in [5, 5.41) is 0.644. The zero-order valence-corrected chi connectivity index (χ0v) is 19.9. The third-order valence-electron chi connectivity index (χ3n) is 4.12. The highest BCUT2D eigenvalue weighted by Gasteiger charge is 2.46. The van der Waals surface area contributed by atoms with E-state index < -0.39 is 16.6 Å². The Morgan fingerprint density at radius 3 is 0.941 bits per heavy atom. The Labute approximate surface area is 132 Å². The molecule has 0 aromatic heterocycles. The molecule has 5 heteroatoms. The van der Waals surface area contributed by atoms with Gasteiger partial charge < -0.3 is 28.1 Å². The van der Waals surface area contributed by atoms with Crippen LogP contribution in [0.25, 0.3) is 0 Å². The minimum Gasteiger partial charge on any atom is -1.00 e. The molecule has 1 unspecified atom stereocenters. The molecule has 0 saturated heterocycles. The summed E-state index contributed by atoms with van der Waals surface area (Å²) in [7, 11) is -3.18. The lowest BCUT2D eigenvalue weighted by Gasteiger charge is -2.47. The van der Waals surface area contributed by atoms with E-state index in [9.17, 15) is 0 Å². The Kier molecular flexibility index (Phi) is 9.48. The van der Waals surface area contributed by atoms with E-state index in [1.807, 2.05) is 0 Å². The second-order valence-corrected chi connectivity index (χ2v) is 17.5. The first-order valence-corrected chi connectivity index (χ1v) is 11.7. The van der Waals surface area contributed by atoms with Crippen LogP contribution in [0.2, 0.25) is 36.3 Å². The van der Waals surface area contributed by atoms with Crippen LogP contribution in [-0.2, 0) is 4.12 Å². The second-order valence-electron chi connectivity index (χ2n) is 7.62. The molecular weight excluding hydrogens is 374 g/mol. The first-order chi connectivity index (χ1) is 6.21. The van der Waals surface area contributed by atoms with E-state index in [0.717, 1.165) is 0 Å². The summed E-state index contributed by atoms with van der Waals surface area (Å²) in [5.74, 6) is 0. The molecule has 0 fully saturated rings. The summed E-state index contributed by atoms with van der Waals surface area (Å²) in [6.07, 6.45) is 0. The Morgan fingerprint density at radius 2 is 0.824 bits per heavy atom. The van der Waals surface area contributed by atoms with Gasteiger partial charge >= 0.3 is 0 Å². The van der Waals surface area contributed by atoms with Crippen molar-refractivity contribution in [3.8, 4) is 0 Å². The van der Waals surface area contributed by atoms with E-state index in [4.69, 9.17) is 4.12 Å². The van der Waals surface area contributed by atoms with Crippen LogP contribution >= 0.6 is 9.90 Å². The Hall–Kier alpha value is 1.55. The largest absolute Gasteiger partial charge is 1.00 e. The number of rotatable bonds is 2. The molecule has 17 heavy (non-hydrogen) atoms. The number of halogens is 1. The lowest BCUT2D eigenvalue weighted by atomic mass is 10.2. The van der Waals surface area contributed by atoms with Gasteiger partial charge in [0.05, 0.1) is 0 Å². The third-order valence-corrected chi connectivity index (χ3v) is 15.4. The van der Waals surface area contributed by atoms with Crippen LogP contribution in [0.3, 0.4) is 0 Å². The van der Waals surface area contributed by atoms with Gasteiger partial charge in [-0.15, -0.1) is 0 Å². The molecular formula is C12H34IOPSi2. The first-order valence-electron chi connectivity index (χ1n) is 5.91. The maximum atomic E-state index is 6.63. The third kappa shape index (κ3) is 6.50. The first kappa shape index (κ1) is 23.6. The van der Waals surface area contributed by atoms with Crippen molar-refractivity contribution in [3.63, 3.8) is 0 Å². The number of hydrogen-bond donors (Lipinski definition) is 0. The van der Waals surface area contributed by atoms with Crippen LogP contribution < -0.4 is 24.0 Å². The van der Waals surface area contributed by atoms with Gasteiger partial charge in [-0.2, -0.15) is 0 Å². The Bertz CT molecular complexity index is 206. The van der Waals surface area contributed by atoms with Crippen LogP contribution in [0.4, 0.5) is 0 Å². The fraction of sp³-hybridized carbons (Fsp3) is 1.00. The molecule has 0 radical (unpaired) electrons. The van der Waals surface area contributed by atoms with Gasteiger partial charge in [0.1, 0.15) is 0 Å². The molecule has 0 aromatic carbocycles. The second kappa shape index (κ2) is 6.82. The normalized spacial score (nSPS) is 13.8. The average molecular weight is 408 g/mol. The van der Waals surface area contributed by atoms with Crippen molar-refractivity contribution in [2.45, 2.75) is 77.8 Å². The van der Waals surface area contributed by atoms with E-state index in [2.05, 4.69) is 67.7 Å². The van der Waals surface area contributed by atoms with Gasteiger partial charge in [0.2, 0.25) is 0 Å². The van der Waals surface area contributed by atoms with Gasteiger partial charge in [0, 0.05) is 0 Å². The lowest BCUT2D eigenvalue weighted by Crippen LogP contribution is -3.00. The molecule has 1 nitrogen and oxygen atoms in total. The van der Waals surface area contributed by atoms with Gasteiger partial charge in [-0.1, -0.05) is 41.5 Å². The van der Waals surface area contributed by atoms with Crippen molar-refractivity contribution in [2.24, 2.45) is 0 Å². The molecule has 0 amide bonds. The molecule has 108 valence electrons. The van der Waals surface area contributed by atoms with Crippen molar-refractivity contribution in [2.75, 3.05) is 0 Å². The zero-order valence-electron chi connectivity index (χ0n) is 13.8. The highest BCUT2D eigenvalue weighted by molar-refractivity contribution is 6.92. The zero-order chi connectivity index (χ0) is 12.7. The minimum atomic E-state index is -1.59. The van der Waals surface area contributed by atoms with Crippen molar-refractivity contribution in [1.29, 1.82) is 0 Å². The summed E-state index contributed by atoms with van der Waals surface area (Å²) in [4.78, 5) is 0. The van der Waals surface area contributed by atoms with Crippen molar-refractivity contribution in [3.05, 3.63) is 0 Å². The van der Waals surface area contributed by atoms with Gasteiger partial charge in [0.15, 0.2) is 16.6 Å². The molecule has 0 aromatic rings. The minimum absolute atomic E-state index is 0. The summed E-state index contributed by atoms with van der Waals surface area (Å²) in [5.41, 5.74) is 0. The van der Waals surface area contributed by atoms with Crippen LogP contribution in [0.5, 0.6) is 0 Å². The van der Waals surface area contributed by atoms with Crippen LogP contribution in [-0.4, -0.2) is 16.6 Å². The van der Waals surface area contributed by atoms with E-state index in [1.54, 1.807) is 0 Å². The average Bonchev–Trinajstić information content (AvgIpc) is 1.77. The summed E-state index contributed by atoms with van der Waals surface area (Å²) in [6, 6.07) is 0. The maximum absolute atomic E-state index is 6.63. The molecule has 0 saturated carbocycles. The predicted molar refractivity (Wildman–Crippen MR) is 88.0 cm³/mol. The quantitative estimate of drug-likeness (QED) is 0.385. The predicted octanol–water partition coefficient (Wildman–Crippen LogP) is 1.81. The molecule has 0 heterocycles. The Morgan fingerprint density at radius 1 is 0.647 bits per heavy atom. The Balaban J connectivity index is -0.000000980. The molecule has 0 aliphatic rings. The molecule has 0 aliphatic heterocycles. The van der Waals surface area contributed by atoms with E-state index in [-0.39, 0.29) is 33.9 Å². The van der Waals surface area contributed by atoms with E-state index >= 15 is 0 Å². The highest BCUT2D eigenvalue weighted by Crippen LogP contribution is 2.44. The van der Waals surface area contributed by atoms with E-state index in [1.165, 1.54) is 0 Å². The van der Waals surface area contributed by atoms with E-state index in [0.29, 0.717) is 10.1 Å². The van der Waals surface area contributed by atoms with Crippen LogP contribution in [0, 0.1) is 0 Å². The van der Waals surface area contributed by atoms with Gasteiger partial charge in [0.25, 0.3) is 0 Å². The molecule has 1 atom stereocenters. The number of hydrogen-bond acceptors (Lipinski definition) is 1. The maximum Gasteiger partial charge on any atom is 0.178 e. The lowest BCUT2D eigenvalue weighted by molar-refractivity contribution is -0.00000520. The van der Waals surface area contributed by atoms with Gasteiger partial charge in [-0.3, -0.25) is 0 Å². The monoisotopic (exact) mass is 408 g/mol. The SMILES string of the molecule is CC(C)(C)[Si](C)(C)O[Si](C)(C)C(C)(C)C.[I-].[PH4+]. The van der Waals surface area contributed by atoms with Crippen molar-refractivity contribution in [1.82, 2.24) is 0 Å². The standard InChI is InChI=1S/C12H30OSi2.HI.H3P/c1-11(2,3)14(7,8)13-15(9,10)12(4,5)6;;/h1-10H3;1H;1H3. The smallest absolute Gasteiger partial charge is 0.178 e. The van der Waals surface area contributed by atoms with Crippen LogP contribution in [0.1, 0.15) is 41.5 Å². The van der Waals surface area contributed by atoms with Gasteiger partial charge in [-0.25, -0.2) is 0 Å². The summed E-state index contributed by atoms with van der Waals surface area (Å²) in [6.45, 7) is 23.3. The molecule has 0 aliphatic carbocycles. The molecule has 0 bridgehead atoms. The topological polar surface area (TPSA) is 9.23 Å². The fourth-order valence-electron chi connectivity index (χ4n) is 0.944. The van der Waals surface area contributed by atoms with Crippen molar-refractivity contribution < 1.29 is 28.1 Å². The van der Waals surface area contributed by atoms with Gasteiger partial charge in [-0.05, 0) is 46.2 Å². The molecule has 0 N–H and O–H groups in total. The summed E-state index contributed by atoms with van der Waals surface area (Å²) < 4.78 is 6.63. The van der Waals surface area contributed by atoms with Crippen LogP contribution in [0.15, 0.2) is 0 Å². The highest BCUT2D eigenvalue weighted by atomic mass is 127. The molecule has 0 rings (SSSR count). The van der Waals surface area contributed by atoms with Crippen molar-refractivity contribution >= 4 is 26.5 Å².